The predicted octanol–water partition coefficient (Wildman–Crippen LogP) is -0.399. The van der Waals surface area contributed by atoms with E-state index in [4.69, 9.17) is 10.3 Å². The molecule has 0 saturated carbocycles. The van der Waals surface area contributed by atoms with E-state index in [1.807, 2.05) is 0 Å². The minimum Gasteiger partial charge on any atom is -0.469 e. The van der Waals surface area contributed by atoms with Crippen molar-refractivity contribution in [3.05, 3.63) is 43.0 Å². The van der Waals surface area contributed by atoms with E-state index in [9.17, 15) is 19.5 Å². The van der Waals surface area contributed by atoms with Crippen LogP contribution in [-0.4, -0.2) is 46.5 Å². The quantitative estimate of drug-likeness (QED) is 0.310. The molecule has 2 N–H and O–H groups in total. The number of hydrogen-bond acceptors (Lipinski definition) is 7. The number of carbonyl (C=O) groups excluding carboxylic acids is 1. The molecule has 3 unspecified atom stereocenters. The van der Waals surface area contributed by atoms with Crippen LogP contribution in [0.5, 0.6) is 0 Å². The maximum absolute atomic E-state index is 12.0. The van der Waals surface area contributed by atoms with Gasteiger partial charge in [0.05, 0.1) is 25.9 Å². The standard InChI is InChI=1S/C13H17N5O6/c1-23-11(20)3-2-7-5-18(13(22)15-12(7)21)10-4-8(16-17-14)9(6-19)24-10/h5,8-10,19H,2-4,6H2,1H3,(H,15,21,22). The number of azide groups is 1. The second kappa shape index (κ2) is 7.77. The van der Waals surface area contributed by atoms with Gasteiger partial charge in [-0.2, -0.15) is 0 Å². The summed E-state index contributed by atoms with van der Waals surface area (Å²) in [5.74, 6) is -0.479. The molecule has 1 aliphatic heterocycles. The van der Waals surface area contributed by atoms with Gasteiger partial charge in [-0.3, -0.25) is 19.1 Å². The Kier molecular flexibility index (Phi) is 5.74. The highest BCUT2D eigenvalue weighted by molar-refractivity contribution is 5.69. The average molecular weight is 339 g/mol. The minimum absolute atomic E-state index is 0.01000. The van der Waals surface area contributed by atoms with Crippen molar-refractivity contribution in [1.82, 2.24) is 9.55 Å². The number of nitrogens with zero attached hydrogens (tertiary/aromatic N) is 4. The second-order valence-corrected chi connectivity index (χ2v) is 5.22. The highest BCUT2D eigenvalue weighted by Crippen LogP contribution is 2.29. The van der Waals surface area contributed by atoms with Gasteiger partial charge in [0.2, 0.25) is 0 Å². The monoisotopic (exact) mass is 339 g/mol. The summed E-state index contributed by atoms with van der Waals surface area (Å²) in [7, 11) is 1.24. The van der Waals surface area contributed by atoms with Gasteiger partial charge in [-0.1, -0.05) is 5.11 Å². The highest BCUT2D eigenvalue weighted by Gasteiger charge is 2.35. The topological polar surface area (TPSA) is 159 Å². The zero-order valence-corrected chi connectivity index (χ0v) is 12.9. The third kappa shape index (κ3) is 3.82. The summed E-state index contributed by atoms with van der Waals surface area (Å²) >= 11 is 0. The lowest BCUT2D eigenvalue weighted by atomic mass is 10.1. The van der Waals surface area contributed by atoms with Gasteiger partial charge in [-0.25, -0.2) is 4.79 Å². The Morgan fingerprint density at radius 3 is 3.00 bits per heavy atom. The van der Waals surface area contributed by atoms with Crippen molar-refractivity contribution >= 4 is 5.97 Å². The van der Waals surface area contributed by atoms with Gasteiger partial charge in [0.15, 0.2) is 0 Å². The van der Waals surface area contributed by atoms with E-state index in [0.717, 1.165) is 4.57 Å². The number of esters is 1. The first-order chi connectivity index (χ1) is 11.5. The van der Waals surface area contributed by atoms with Crippen LogP contribution in [0.25, 0.3) is 10.4 Å². The molecular weight excluding hydrogens is 322 g/mol. The fourth-order valence-electron chi connectivity index (χ4n) is 2.50. The number of aromatic nitrogens is 2. The van der Waals surface area contributed by atoms with Crippen molar-refractivity contribution in [2.45, 2.75) is 37.6 Å². The average Bonchev–Trinajstić information content (AvgIpc) is 2.96. The lowest BCUT2D eigenvalue weighted by Gasteiger charge is -2.15. The molecule has 1 fully saturated rings. The number of methoxy groups -OCH3 is 1. The van der Waals surface area contributed by atoms with Gasteiger partial charge < -0.3 is 14.6 Å². The van der Waals surface area contributed by atoms with E-state index < -0.39 is 35.6 Å². The van der Waals surface area contributed by atoms with E-state index in [0.29, 0.717) is 0 Å². The molecule has 0 bridgehead atoms. The van der Waals surface area contributed by atoms with Crippen LogP contribution < -0.4 is 11.2 Å². The summed E-state index contributed by atoms with van der Waals surface area (Å²) in [6.07, 6.45) is 0.0451. The molecule has 2 rings (SSSR count). The molecular formula is C13H17N5O6. The third-order valence-corrected chi connectivity index (χ3v) is 3.76. The number of hydrogen-bond donors (Lipinski definition) is 2. The normalized spacial score (nSPS) is 22.8. The Hall–Kier alpha value is -2.62. The van der Waals surface area contributed by atoms with Gasteiger partial charge >= 0.3 is 11.7 Å². The molecule has 1 saturated heterocycles. The Labute approximate surface area is 135 Å². The zero-order chi connectivity index (χ0) is 17.7. The number of carbonyl (C=O) groups is 1. The Morgan fingerprint density at radius 2 is 2.38 bits per heavy atom. The first-order valence-electron chi connectivity index (χ1n) is 7.21. The van der Waals surface area contributed by atoms with Gasteiger partial charge in [0, 0.05) is 29.5 Å². The van der Waals surface area contributed by atoms with Crippen molar-refractivity contribution in [2.75, 3.05) is 13.7 Å². The van der Waals surface area contributed by atoms with Crippen LogP contribution in [0.4, 0.5) is 0 Å². The molecule has 1 aromatic rings. The second-order valence-electron chi connectivity index (χ2n) is 5.22. The lowest BCUT2D eigenvalue weighted by Crippen LogP contribution is -2.34. The molecule has 0 radical (unpaired) electrons. The molecule has 2 heterocycles. The zero-order valence-electron chi connectivity index (χ0n) is 12.9. The summed E-state index contributed by atoms with van der Waals surface area (Å²) in [5, 5.41) is 12.8. The van der Waals surface area contributed by atoms with E-state index >= 15 is 0 Å². The Balaban J connectivity index is 2.27. The fraction of sp³-hybridized carbons (Fsp3) is 0.615. The number of ether oxygens (including phenoxy) is 2. The molecule has 0 aliphatic carbocycles. The number of aliphatic hydroxyl groups excluding tert-OH is 1. The van der Waals surface area contributed by atoms with E-state index in [2.05, 4.69) is 19.7 Å². The summed E-state index contributed by atoms with van der Waals surface area (Å²) in [5.41, 5.74) is 7.47. The van der Waals surface area contributed by atoms with Crippen molar-refractivity contribution in [2.24, 2.45) is 5.11 Å². The number of aryl methyl sites for hydroxylation is 1. The molecule has 0 aromatic carbocycles. The number of aliphatic hydroxyl groups is 1. The van der Waals surface area contributed by atoms with Crippen LogP contribution in [0.3, 0.4) is 0 Å². The van der Waals surface area contributed by atoms with Crippen LogP contribution in [0.15, 0.2) is 20.9 Å². The van der Waals surface area contributed by atoms with Crippen LogP contribution in [0.2, 0.25) is 0 Å². The number of nitrogens with one attached hydrogen (secondary N) is 1. The van der Waals surface area contributed by atoms with Gasteiger partial charge in [0.1, 0.15) is 6.23 Å². The molecule has 130 valence electrons. The van der Waals surface area contributed by atoms with Crippen molar-refractivity contribution in [3.63, 3.8) is 0 Å². The maximum atomic E-state index is 12.0. The van der Waals surface area contributed by atoms with Gasteiger partial charge in [-0.15, -0.1) is 0 Å². The smallest absolute Gasteiger partial charge is 0.330 e. The Morgan fingerprint density at radius 1 is 1.62 bits per heavy atom. The van der Waals surface area contributed by atoms with Crippen LogP contribution in [0, 0.1) is 0 Å². The molecule has 11 heteroatoms. The Bertz CT molecular complexity index is 765. The van der Waals surface area contributed by atoms with E-state index in [1.54, 1.807) is 0 Å². The SMILES string of the molecule is COC(=O)CCc1cn(C2CC(N=[N+]=[N-])C(CO)O2)c(=O)[nH]c1=O. The predicted molar refractivity (Wildman–Crippen MR) is 80.2 cm³/mol. The number of aromatic amines is 1. The fourth-order valence-corrected chi connectivity index (χ4v) is 2.50. The van der Waals surface area contributed by atoms with Crippen LogP contribution in [0.1, 0.15) is 24.6 Å². The number of H-pyrrole nitrogens is 1. The highest BCUT2D eigenvalue weighted by atomic mass is 16.5. The maximum Gasteiger partial charge on any atom is 0.330 e. The van der Waals surface area contributed by atoms with Crippen molar-refractivity contribution in [3.8, 4) is 0 Å². The van der Waals surface area contributed by atoms with Gasteiger partial charge in [-0.05, 0) is 12.0 Å². The van der Waals surface area contributed by atoms with Gasteiger partial charge in [0.25, 0.3) is 5.56 Å². The molecule has 1 aliphatic rings. The van der Waals surface area contributed by atoms with E-state index in [1.165, 1.54) is 13.3 Å². The van der Waals surface area contributed by atoms with Crippen molar-refractivity contribution < 1.29 is 19.4 Å². The summed E-state index contributed by atoms with van der Waals surface area (Å²) in [6, 6.07) is -0.623. The number of rotatable bonds is 6. The summed E-state index contributed by atoms with van der Waals surface area (Å²) in [4.78, 5) is 39.9. The largest absolute Gasteiger partial charge is 0.469 e. The first kappa shape index (κ1) is 17.7. The molecule has 3 atom stereocenters. The summed E-state index contributed by atoms with van der Waals surface area (Å²) in [6.45, 7) is -0.368. The molecule has 11 nitrogen and oxygen atoms in total. The first-order valence-corrected chi connectivity index (χ1v) is 7.21. The minimum atomic E-state index is -0.793. The lowest BCUT2D eigenvalue weighted by molar-refractivity contribution is -0.140. The molecule has 0 spiro atoms. The summed E-state index contributed by atoms with van der Waals surface area (Å²) < 4.78 is 11.2. The van der Waals surface area contributed by atoms with Crippen molar-refractivity contribution in [1.29, 1.82) is 0 Å². The van der Waals surface area contributed by atoms with Crippen LogP contribution >= 0.6 is 0 Å². The van der Waals surface area contributed by atoms with E-state index in [-0.39, 0.29) is 31.4 Å². The third-order valence-electron chi connectivity index (χ3n) is 3.76. The molecule has 24 heavy (non-hydrogen) atoms. The van der Waals surface area contributed by atoms with Crippen LogP contribution in [-0.2, 0) is 20.7 Å². The molecule has 0 amide bonds. The molecule has 1 aromatic heterocycles.